The number of amides is 1. The summed E-state index contributed by atoms with van der Waals surface area (Å²) in [5.41, 5.74) is 0. The first kappa shape index (κ1) is 14.1. The van der Waals surface area contributed by atoms with E-state index < -0.39 is 0 Å². The van der Waals surface area contributed by atoms with Gasteiger partial charge in [-0.05, 0) is 24.5 Å². The van der Waals surface area contributed by atoms with Crippen LogP contribution in [0.5, 0.6) is 0 Å². The van der Waals surface area contributed by atoms with Gasteiger partial charge in [0.1, 0.15) is 5.76 Å². The maximum atomic E-state index is 11.5. The van der Waals surface area contributed by atoms with E-state index in [4.69, 9.17) is 16.0 Å². The van der Waals surface area contributed by atoms with E-state index in [-0.39, 0.29) is 11.3 Å². The van der Waals surface area contributed by atoms with Gasteiger partial charge in [0.15, 0.2) is 0 Å². The third-order valence-corrected chi connectivity index (χ3v) is 2.76. The second-order valence-corrected chi connectivity index (χ2v) is 5.23. The molecule has 0 saturated carbocycles. The van der Waals surface area contributed by atoms with Crippen molar-refractivity contribution < 1.29 is 9.21 Å². The van der Waals surface area contributed by atoms with Crippen LogP contribution in [0.3, 0.4) is 0 Å². The molecular weight excluding hydrogens is 238 g/mol. The topological polar surface area (TPSA) is 42.2 Å². The van der Waals surface area contributed by atoms with Crippen LogP contribution in [0.15, 0.2) is 22.8 Å². The lowest BCUT2D eigenvalue weighted by Crippen LogP contribution is -2.30. The largest absolute Gasteiger partial charge is 0.469 e. The van der Waals surface area contributed by atoms with Crippen molar-refractivity contribution in [2.24, 2.45) is 5.92 Å². The van der Waals surface area contributed by atoms with Gasteiger partial charge in [0, 0.05) is 19.4 Å². The van der Waals surface area contributed by atoms with Crippen LogP contribution in [-0.2, 0) is 11.2 Å². The van der Waals surface area contributed by atoms with Gasteiger partial charge < -0.3 is 9.73 Å². The first-order chi connectivity index (χ1) is 8.08. The van der Waals surface area contributed by atoms with Crippen molar-refractivity contribution in [2.45, 2.75) is 38.5 Å². The summed E-state index contributed by atoms with van der Waals surface area (Å²) in [6.45, 7) is 4.78. The molecule has 1 N–H and O–H groups in total. The normalized spacial score (nSPS) is 12.7. The van der Waals surface area contributed by atoms with Crippen LogP contribution in [0.2, 0.25) is 0 Å². The molecule has 0 fully saturated rings. The van der Waals surface area contributed by atoms with Crippen molar-refractivity contribution in [3.63, 3.8) is 0 Å². The third-order valence-electron chi connectivity index (χ3n) is 2.43. The second kappa shape index (κ2) is 7.38. The maximum Gasteiger partial charge on any atom is 0.220 e. The summed E-state index contributed by atoms with van der Waals surface area (Å²) in [5.74, 6) is 1.41. The molecule has 17 heavy (non-hydrogen) atoms. The molecule has 0 aliphatic rings. The molecule has 1 heterocycles. The summed E-state index contributed by atoms with van der Waals surface area (Å²) >= 11 is 6.09. The van der Waals surface area contributed by atoms with Gasteiger partial charge in [-0.15, -0.1) is 11.6 Å². The molecular formula is C13H20ClNO2. The molecule has 1 aromatic heterocycles. The summed E-state index contributed by atoms with van der Waals surface area (Å²) in [6.07, 6.45) is 3.61. The average molecular weight is 258 g/mol. The minimum absolute atomic E-state index is 0.0163. The van der Waals surface area contributed by atoms with Gasteiger partial charge in [-0.3, -0.25) is 4.79 Å². The minimum Gasteiger partial charge on any atom is -0.469 e. The molecule has 0 spiro atoms. The molecule has 0 radical (unpaired) electrons. The fourth-order valence-corrected chi connectivity index (χ4v) is 2.03. The number of rotatable bonds is 7. The smallest absolute Gasteiger partial charge is 0.220 e. The summed E-state index contributed by atoms with van der Waals surface area (Å²) in [6, 6.07) is 3.70. The predicted octanol–water partition coefficient (Wildman–Crippen LogP) is 2.98. The van der Waals surface area contributed by atoms with E-state index in [0.717, 1.165) is 12.2 Å². The number of furan rings is 1. The first-order valence-electron chi connectivity index (χ1n) is 6.01. The zero-order valence-corrected chi connectivity index (χ0v) is 11.2. The van der Waals surface area contributed by atoms with Gasteiger partial charge in [-0.25, -0.2) is 0 Å². The number of halogens is 1. The molecule has 3 nitrogen and oxygen atoms in total. The fourth-order valence-electron chi connectivity index (χ4n) is 1.60. The zero-order chi connectivity index (χ0) is 12.7. The van der Waals surface area contributed by atoms with Gasteiger partial charge in [0.25, 0.3) is 0 Å². The van der Waals surface area contributed by atoms with Gasteiger partial charge in [-0.1, -0.05) is 13.8 Å². The lowest BCUT2D eigenvalue weighted by Gasteiger charge is -2.12. The maximum absolute atomic E-state index is 11.5. The molecule has 1 unspecified atom stereocenters. The highest BCUT2D eigenvalue weighted by molar-refractivity contribution is 6.20. The number of aryl methyl sites for hydroxylation is 1. The average Bonchev–Trinajstić information content (AvgIpc) is 2.75. The Morgan fingerprint density at radius 2 is 2.29 bits per heavy atom. The number of hydrogen-bond acceptors (Lipinski definition) is 2. The van der Waals surface area contributed by atoms with E-state index in [1.54, 1.807) is 6.26 Å². The third kappa shape index (κ3) is 6.37. The van der Waals surface area contributed by atoms with Crippen molar-refractivity contribution >= 4 is 17.5 Å². The van der Waals surface area contributed by atoms with Crippen LogP contribution in [-0.4, -0.2) is 17.8 Å². The van der Waals surface area contributed by atoms with Crippen LogP contribution in [0.1, 0.15) is 32.4 Å². The standard InChI is InChI=1S/C13H20ClNO2/c1-10(2)8-11(14)9-15-13(16)6-5-12-4-3-7-17-12/h3-4,7,10-11H,5-6,8-9H2,1-2H3,(H,15,16). The molecule has 0 aromatic carbocycles. The SMILES string of the molecule is CC(C)CC(Cl)CNC(=O)CCc1ccco1. The number of hydrogen-bond donors (Lipinski definition) is 1. The fraction of sp³-hybridized carbons (Fsp3) is 0.615. The quantitative estimate of drug-likeness (QED) is 0.763. The molecule has 0 aliphatic heterocycles. The number of alkyl halides is 1. The molecule has 96 valence electrons. The molecule has 0 saturated heterocycles. The highest BCUT2D eigenvalue weighted by atomic mass is 35.5. The van der Waals surface area contributed by atoms with Crippen LogP contribution in [0.4, 0.5) is 0 Å². The Kier molecular flexibility index (Phi) is 6.12. The van der Waals surface area contributed by atoms with Gasteiger partial charge in [-0.2, -0.15) is 0 Å². The highest BCUT2D eigenvalue weighted by Gasteiger charge is 2.09. The lowest BCUT2D eigenvalue weighted by molar-refractivity contribution is -0.121. The van der Waals surface area contributed by atoms with E-state index >= 15 is 0 Å². The Balaban J connectivity index is 2.13. The summed E-state index contributed by atoms with van der Waals surface area (Å²) < 4.78 is 5.16. The van der Waals surface area contributed by atoms with E-state index in [0.29, 0.717) is 25.3 Å². The number of carbonyl (C=O) groups excluding carboxylic acids is 1. The van der Waals surface area contributed by atoms with Crippen LogP contribution < -0.4 is 5.32 Å². The molecule has 1 amide bonds. The van der Waals surface area contributed by atoms with Crippen molar-refractivity contribution in [3.8, 4) is 0 Å². The number of carbonyl (C=O) groups is 1. The first-order valence-corrected chi connectivity index (χ1v) is 6.44. The van der Waals surface area contributed by atoms with Crippen LogP contribution in [0.25, 0.3) is 0 Å². The Morgan fingerprint density at radius 3 is 2.88 bits per heavy atom. The molecule has 1 atom stereocenters. The van der Waals surface area contributed by atoms with Crippen molar-refractivity contribution in [2.75, 3.05) is 6.54 Å². The van der Waals surface area contributed by atoms with Crippen molar-refractivity contribution in [3.05, 3.63) is 24.2 Å². The minimum atomic E-state index is 0.0163. The Hall–Kier alpha value is -0.960. The Bertz CT molecular complexity index is 322. The van der Waals surface area contributed by atoms with Gasteiger partial charge >= 0.3 is 0 Å². The molecule has 1 aromatic rings. The van der Waals surface area contributed by atoms with Gasteiger partial charge in [0.05, 0.1) is 11.6 Å². The summed E-state index contributed by atoms with van der Waals surface area (Å²) in [7, 11) is 0. The van der Waals surface area contributed by atoms with Crippen molar-refractivity contribution in [1.29, 1.82) is 0 Å². The highest BCUT2D eigenvalue weighted by Crippen LogP contribution is 2.09. The van der Waals surface area contributed by atoms with E-state index in [2.05, 4.69) is 19.2 Å². The molecule has 0 aliphatic carbocycles. The van der Waals surface area contributed by atoms with E-state index in [9.17, 15) is 4.79 Å². The Labute approximate surface area is 108 Å². The molecule has 0 bridgehead atoms. The van der Waals surface area contributed by atoms with Crippen LogP contribution in [0, 0.1) is 5.92 Å². The second-order valence-electron chi connectivity index (χ2n) is 4.61. The Morgan fingerprint density at radius 1 is 1.53 bits per heavy atom. The summed E-state index contributed by atoms with van der Waals surface area (Å²) in [4.78, 5) is 11.5. The monoisotopic (exact) mass is 257 g/mol. The predicted molar refractivity (Wildman–Crippen MR) is 69.1 cm³/mol. The van der Waals surface area contributed by atoms with Gasteiger partial charge in [0.2, 0.25) is 5.91 Å². The zero-order valence-electron chi connectivity index (χ0n) is 10.4. The van der Waals surface area contributed by atoms with Crippen molar-refractivity contribution in [1.82, 2.24) is 5.32 Å². The lowest BCUT2D eigenvalue weighted by atomic mass is 10.1. The number of nitrogens with one attached hydrogen (secondary N) is 1. The van der Waals surface area contributed by atoms with Crippen LogP contribution >= 0.6 is 11.6 Å². The van der Waals surface area contributed by atoms with E-state index in [1.165, 1.54) is 0 Å². The molecule has 1 rings (SSSR count). The molecule has 4 heteroatoms. The summed E-state index contributed by atoms with van der Waals surface area (Å²) in [5, 5.41) is 2.85. The van der Waals surface area contributed by atoms with E-state index in [1.807, 2.05) is 12.1 Å².